The van der Waals surface area contributed by atoms with E-state index in [9.17, 15) is 4.79 Å². The predicted octanol–water partition coefficient (Wildman–Crippen LogP) is 4.13. The van der Waals surface area contributed by atoms with Crippen molar-refractivity contribution in [3.05, 3.63) is 40.2 Å². The fourth-order valence-electron chi connectivity index (χ4n) is 3.98. The molecule has 3 aromatic rings. The molecule has 27 heavy (non-hydrogen) atoms. The molecule has 2 aromatic heterocycles. The van der Waals surface area contributed by atoms with Crippen LogP contribution >= 0.6 is 11.8 Å². The zero-order valence-corrected chi connectivity index (χ0v) is 16.0. The molecule has 7 heteroatoms. The monoisotopic (exact) mass is 382 g/mol. The number of hydrogen-bond donors (Lipinski definition) is 0. The van der Waals surface area contributed by atoms with Gasteiger partial charge in [-0.2, -0.15) is 16.7 Å². The largest absolute Gasteiger partial charge is 0.334 e. The van der Waals surface area contributed by atoms with Gasteiger partial charge in [0.1, 0.15) is 5.82 Å². The van der Waals surface area contributed by atoms with E-state index in [1.54, 1.807) is 0 Å². The second kappa shape index (κ2) is 7.11. The molecule has 0 aliphatic carbocycles. The van der Waals surface area contributed by atoms with Crippen LogP contribution in [0.1, 0.15) is 55.4 Å². The molecule has 5 rings (SSSR count). The smallest absolute Gasteiger partial charge is 0.261 e. The second-order valence-corrected chi connectivity index (χ2v) is 8.65. The minimum Gasteiger partial charge on any atom is -0.334 e. The van der Waals surface area contributed by atoms with Gasteiger partial charge in [0.25, 0.3) is 11.4 Å². The highest BCUT2D eigenvalue weighted by Crippen LogP contribution is 2.37. The number of aryl methyl sites for hydroxylation is 1. The third-order valence-electron chi connectivity index (χ3n) is 5.47. The molecule has 1 fully saturated rings. The first kappa shape index (κ1) is 17.0. The van der Waals surface area contributed by atoms with Crippen LogP contribution in [0.3, 0.4) is 0 Å². The van der Waals surface area contributed by atoms with Gasteiger partial charge in [0, 0.05) is 18.5 Å². The van der Waals surface area contributed by atoms with Crippen LogP contribution in [0.5, 0.6) is 0 Å². The van der Waals surface area contributed by atoms with Crippen molar-refractivity contribution in [1.82, 2.24) is 19.7 Å². The normalized spacial score (nSPS) is 20.4. The molecular weight excluding hydrogens is 360 g/mol. The molecule has 1 atom stereocenters. The first-order chi connectivity index (χ1) is 13.3. The van der Waals surface area contributed by atoms with E-state index in [-0.39, 0.29) is 5.56 Å². The molecule has 1 saturated heterocycles. The molecule has 0 saturated carbocycles. The molecule has 0 bridgehead atoms. The molecule has 1 unspecified atom stereocenters. The summed E-state index contributed by atoms with van der Waals surface area (Å²) in [6.45, 7) is 0.769. The number of hydrogen-bond acceptors (Lipinski definition) is 6. The lowest BCUT2D eigenvalue weighted by Gasteiger charge is -2.17. The van der Waals surface area contributed by atoms with Crippen LogP contribution in [0.25, 0.3) is 22.4 Å². The average molecular weight is 382 g/mol. The number of benzene rings is 1. The number of aromatic nitrogens is 4. The van der Waals surface area contributed by atoms with E-state index >= 15 is 0 Å². The van der Waals surface area contributed by atoms with E-state index in [0.29, 0.717) is 16.5 Å². The Morgan fingerprint density at radius 1 is 1.11 bits per heavy atom. The molecule has 0 N–H and O–H groups in total. The predicted molar refractivity (Wildman–Crippen MR) is 106 cm³/mol. The van der Waals surface area contributed by atoms with E-state index < -0.39 is 0 Å². The Balaban J connectivity index is 1.53. The van der Waals surface area contributed by atoms with Crippen molar-refractivity contribution < 1.29 is 4.52 Å². The van der Waals surface area contributed by atoms with Crippen LogP contribution < -0.4 is 5.56 Å². The summed E-state index contributed by atoms with van der Waals surface area (Å²) in [5, 5.41) is 5.19. The van der Waals surface area contributed by atoms with Crippen molar-refractivity contribution in [3.8, 4) is 11.5 Å². The Morgan fingerprint density at radius 2 is 2.07 bits per heavy atom. The number of rotatable bonds is 2. The maximum absolute atomic E-state index is 12.9. The highest BCUT2D eigenvalue weighted by molar-refractivity contribution is 7.99. The van der Waals surface area contributed by atoms with E-state index in [0.717, 1.165) is 67.1 Å². The Hall–Kier alpha value is -2.15. The molecule has 140 valence electrons. The van der Waals surface area contributed by atoms with Crippen LogP contribution in [-0.4, -0.2) is 25.4 Å². The molecule has 6 nitrogen and oxygen atoms in total. The Bertz CT molecular complexity index is 1040. The fourth-order valence-corrected chi connectivity index (χ4v) is 5.21. The van der Waals surface area contributed by atoms with Gasteiger partial charge in [-0.05, 0) is 49.6 Å². The second-order valence-electron chi connectivity index (χ2n) is 7.34. The van der Waals surface area contributed by atoms with E-state index in [4.69, 9.17) is 9.51 Å². The van der Waals surface area contributed by atoms with Crippen LogP contribution in [0.2, 0.25) is 0 Å². The highest BCUT2D eigenvalue weighted by Gasteiger charge is 2.22. The third kappa shape index (κ3) is 3.18. The molecule has 2 aliphatic heterocycles. The standard InChI is InChI=1S/C20H22N4O2S/c25-20-14-9-8-13(12-15(14)21-17-7-2-1-4-10-24(17)20)19-22-18(23-26-19)16-6-3-5-11-27-16/h8-9,12,16H,1-7,10-11H2. The average Bonchev–Trinajstić information content (AvgIpc) is 3.08. The summed E-state index contributed by atoms with van der Waals surface area (Å²) in [4.78, 5) is 22.3. The van der Waals surface area contributed by atoms with Gasteiger partial charge < -0.3 is 4.52 Å². The highest BCUT2D eigenvalue weighted by atomic mass is 32.2. The first-order valence-corrected chi connectivity index (χ1v) is 10.8. The fraction of sp³-hybridized carbons (Fsp3) is 0.500. The van der Waals surface area contributed by atoms with Crippen molar-refractivity contribution in [3.63, 3.8) is 0 Å². The van der Waals surface area contributed by atoms with Crippen LogP contribution in [0, 0.1) is 0 Å². The van der Waals surface area contributed by atoms with Crippen molar-refractivity contribution in [2.45, 2.75) is 56.7 Å². The maximum atomic E-state index is 12.9. The Morgan fingerprint density at radius 3 is 2.96 bits per heavy atom. The van der Waals surface area contributed by atoms with Gasteiger partial charge in [0.15, 0.2) is 5.82 Å². The van der Waals surface area contributed by atoms with Gasteiger partial charge in [-0.1, -0.05) is 18.0 Å². The van der Waals surface area contributed by atoms with Crippen molar-refractivity contribution in [2.24, 2.45) is 0 Å². The lowest BCUT2D eigenvalue weighted by molar-refractivity contribution is 0.420. The summed E-state index contributed by atoms with van der Waals surface area (Å²) in [5.74, 6) is 3.34. The molecule has 0 radical (unpaired) electrons. The van der Waals surface area contributed by atoms with E-state index in [2.05, 4.69) is 10.1 Å². The Labute approximate surface area is 161 Å². The SMILES string of the molecule is O=c1c2ccc(-c3nc(C4CCCCS4)no3)cc2nc2n1CCCCC2. The zero-order valence-electron chi connectivity index (χ0n) is 15.2. The van der Waals surface area contributed by atoms with Crippen molar-refractivity contribution >= 4 is 22.7 Å². The quantitative estimate of drug-likeness (QED) is 0.663. The van der Waals surface area contributed by atoms with Gasteiger partial charge in [0.2, 0.25) is 0 Å². The van der Waals surface area contributed by atoms with Crippen LogP contribution in [-0.2, 0) is 13.0 Å². The van der Waals surface area contributed by atoms with Crippen molar-refractivity contribution in [1.29, 1.82) is 0 Å². The van der Waals surface area contributed by atoms with Gasteiger partial charge in [-0.3, -0.25) is 9.36 Å². The van der Waals surface area contributed by atoms with E-state index in [1.807, 2.05) is 34.5 Å². The Kier molecular flexibility index (Phi) is 4.47. The summed E-state index contributed by atoms with van der Waals surface area (Å²) in [7, 11) is 0. The van der Waals surface area contributed by atoms with Crippen molar-refractivity contribution in [2.75, 3.05) is 5.75 Å². The maximum Gasteiger partial charge on any atom is 0.261 e. The van der Waals surface area contributed by atoms with Crippen LogP contribution in [0.15, 0.2) is 27.5 Å². The summed E-state index contributed by atoms with van der Waals surface area (Å²) in [6.07, 6.45) is 7.73. The minimum atomic E-state index is 0.0632. The lowest BCUT2D eigenvalue weighted by atomic mass is 10.1. The summed E-state index contributed by atoms with van der Waals surface area (Å²) in [6, 6.07) is 5.64. The van der Waals surface area contributed by atoms with Gasteiger partial charge in [-0.25, -0.2) is 4.98 Å². The molecule has 0 spiro atoms. The number of fused-ring (bicyclic) bond motifs is 2. The molecule has 2 aliphatic rings. The first-order valence-electron chi connectivity index (χ1n) is 9.79. The number of thioether (sulfide) groups is 1. The van der Waals surface area contributed by atoms with E-state index in [1.165, 1.54) is 12.8 Å². The molecule has 4 heterocycles. The topological polar surface area (TPSA) is 73.8 Å². The zero-order chi connectivity index (χ0) is 18.2. The summed E-state index contributed by atoms with van der Waals surface area (Å²) < 4.78 is 7.38. The van der Waals surface area contributed by atoms with Gasteiger partial charge in [-0.15, -0.1) is 0 Å². The molecule has 0 amide bonds. The summed E-state index contributed by atoms with van der Waals surface area (Å²) in [5.41, 5.74) is 1.61. The molecular formula is C20H22N4O2S. The third-order valence-corrected chi connectivity index (χ3v) is 6.85. The molecule has 1 aromatic carbocycles. The van der Waals surface area contributed by atoms with Gasteiger partial charge in [0.05, 0.1) is 16.2 Å². The lowest BCUT2D eigenvalue weighted by Crippen LogP contribution is -2.24. The van der Waals surface area contributed by atoms with Gasteiger partial charge >= 0.3 is 0 Å². The van der Waals surface area contributed by atoms with Crippen LogP contribution in [0.4, 0.5) is 0 Å². The summed E-state index contributed by atoms with van der Waals surface area (Å²) >= 11 is 1.91. The number of nitrogens with zero attached hydrogens (tertiary/aromatic N) is 4. The minimum absolute atomic E-state index is 0.0632.